The zero-order valence-electron chi connectivity index (χ0n) is 16.6. The second-order valence-electron chi connectivity index (χ2n) is 6.31. The SMILES string of the molecule is CCOc1cc(C(=O)NCc2cccc(Cn3cncn3)c2)c([N+](=O)[O-])cc1OC. The van der Waals surface area contributed by atoms with Crippen molar-refractivity contribution < 1.29 is 19.2 Å². The van der Waals surface area contributed by atoms with E-state index < -0.39 is 10.8 Å². The van der Waals surface area contributed by atoms with Gasteiger partial charge >= 0.3 is 0 Å². The van der Waals surface area contributed by atoms with Crippen LogP contribution in [-0.4, -0.2) is 39.3 Å². The molecule has 2 aromatic carbocycles. The molecule has 0 spiro atoms. The monoisotopic (exact) mass is 411 g/mol. The standard InChI is InChI=1S/C20H21N5O5/c1-3-30-19-8-16(17(25(27)28)9-18(19)29-2)20(26)22-10-14-5-4-6-15(7-14)11-24-13-21-12-23-24/h4-9,12-13H,3,10-11H2,1-2H3,(H,22,26). The van der Waals surface area contributed by atoms with Gasteiger partial charge in [-0.1, -0.05) is 24.3 Å². The molecule has 1 amide bonds. The number of hydrogen-bond donors (Lipinski definition) is 1. The number of ether oxygens (including phenoxy) is 2. The van der Waals surface area contributed by atoms with Gasteiger partial charge in [0.2, 0.25) is 0 Å². The summed E-state index contributed by atoms with van der Waals surface area (Å²) >= 11 is 0. The molecule has 10 nitrogen and oxygen atoms in total. The Labute approximate surface area is 172 Å². The number of nitrogens with one attached hydrogen (secondary N) is 1. The van der Waals surface area contributed by atoms with Crippen molar-refractivity contribution in [3.8, 4) is 11.5 Å². The summed E-state index contributed by atoms with van der Waals surface area (Å²) in [5, 5.41) is 18.2. The predicted octanol–water partition coefficient (Wildman–Crippen LogP) is 2.57. The summed E-state index contributed by atoms with van der Waals surface area (Å²) in [5.74, 6) is -0.113. The molecule has 0 saturated heterocycles. The third-order valence-corrected chi connectivity index (χ3v) is 4.28. The van der Waals surface area contributed by atoms with Gasteiger partial charge in [-0.2, -0.15) is 5.10 Å². The Kier molecular flexibility index (Phi) is 6.58. The first-order valence-corrected chi connectivity index (χ1v) is 9.19. The quantitative estimate of drug-likeness (QED) is 0.424. The molecular formula is C20H21N5O5. The van der Waals surface area contributed by atoms with Gasteiger partial charge in [-0.3, -0.25) is 14.9 Å². The Morgan fingerprint density at radius 2 is 2.03 bits per heavy atom. The van der Waals surface area contributed by atoms with E-state index in [0.29, 0.717) is 13.2 Å². The van der Waals surface area contributed by atoms with Gasteiger partial charge in [0.05, 0.1) is 31.3 Å². The van der Waals surface area contributed by atoms with Crippen molar-refractivity contribution in [2.24, 2.45) is 0 Å². The van der Waals surface area contributed by atoms with Crippen LogP contribution in [0.4, 0.5) is 5.69 Å². The predicted molar refractivity (Wildman–Crippen MR) is 108 cm³/mol. The second-order valence-corrected chi connectivity index (χ2v) is 6.31. The van der Waals surface area contributed by atoms with Crippen LogP contribution in [0.3, 0.4) is 0 Å². The lowest BCUT2D eigenvalue weighted by atomic mass is 10.1. The van der Waals surface area contributed by atoms with Gasteiger partial charge in [0.25, 0.3) is 11.6 Å². The Balaban J connectivity index is 1.77. The molecule has 1 N–H and O–H groups in total. The number of rotatable bonds is 9. The van der Waals surface area contributed by atoms with Crippen molar-refractivity contribution in [3.63, 3.8) is 0 Å². The van der Waals surface area contributed by atoms with E-state index in [4.69, 9.17) is 9.47 Å². The van der Waals surface area contributed by atoms with Crippen molar-refractivity contribution in [2.45, 2.75) is 20.0 Å². The Bertz CT molecular complexity index is 1040. The van der Waals surface area contributed by atoms with Gasteiger partial charge < -0.3 is 14.8 Å². The zero-order valence-corrected chi connectivity index (χ0v) is 16.6. The smallest absolute Gasteiger partial charge is 0.286 e. The molecule has 3 aromatic rings. The van der Waals surface area contributed by atoms with Crippen LogP contribution in [-0.2, 0) is 13.1 Å². The number of methoxy groups -OCH3 is 1. The van der Waals surface area contributed by atoms with Crippen LogP contribution in [0.2, 0.25) is 0 Å². The lowest BCUT2D eigenvalue weighted by molar-refractivity contribution is -0.385. The van der Waals surface area contributed by atoms with Gasteiger partial charge in [0, 0.05) is 12.6 Å². The lowest BCUT2D eigenvalue weighted by Crippen LogP contribution is -2.24. The van der Waals surface area contributed by atoms with Gasteiger partial charge in [-0.15, -0.1) is 0 Å². The minimum absolute atomic E-state index is 0.0944. The lowest BCUT2D eigenvalue weighted by Gasteiger charge is -2.12. The van der Waals surface area contributed by atoms with Crippen molar-refractivity contribution in [1.82, 2.24) is 20.1 Å². The normalized spacial score (nSPS) is 10.5. The van der Waals surface area contributed by atoms with E-state index in [1.807, 2.05) is 24.3 Å². The summed E-state index contributed by atoms with van der Waals surface area (Å²) in [6, 6.07) is 10.1. The van der Waals surface area contributed by atoms with Gasteiger partial charge in [0.15, 0.2) is 11.5 Å². The third kappa shape index (κ3) is 4.90. The highest BCUT2D eigenvalue weighted by Crippen LogP contribution is 2.34. The number of hydrogen-bond acceptors (Lipinski definition) is 7. The average molecular weight is 411 g/mol. The highest BCUT2D eigenvalue weighted by molar-refractivity contribution is 5.99. The topological polar surface area (TPSA) is 121 Å². The summed E-state index contributed by atoms with van der Waals surface area (Å²) < 4.78 is 12.3. The zero-order chi connectivity index (χ0) is 21.5. The van der Waals surface area contributed by atoms with Crippen LogP contribution in [0.1, 0.15) is 28.4 Å². The third-order valence-electron chi connectivity index (χ3n) is 4.28. The molecule has 0 aliphatic rings. The first-order chi connectivity index (χ1) is 14.5. The highest BCUT2D eigenvalue weighted by Gasteiger charge is 2.24. The fourth-order valence-electron chi connectivity index (χ4n) is 2.93. The fraction of sp³-hybridized carbons (Fsp3) is 0.250. The molecule has 30 heavy (non-hydrogen) atoms. The maximum atomic E-state index is 12.7. The minimum atomic E-state index is -0.619. The Morgan fingerprint density at radius 3 is 2.70 bits per heavy atom. The van der Waals surface area contributed by atoms with E-state index in [1.165, 1.54) is 25.6 Å². The summed E-state index contributed by atoms with van der Waals surface area (Å²) in [6.45, 7) is 2.85. The number of carbonyl (C=O) groups is 1. The largest absolute Gasteiger partial charge is 0.493 e. The van der Waals surface area contributed by atoms with Crippen molar-refractivity contribution in [1.29, 1.82) is 0 Å². The van der Waals surface area contributed by atoms with Crippen molar-refractivity contribution in [3.05, 3.63) is 75.9 Å². The van der Waals surface area contributed by atoms with Crippen LogP contribution < -0.4 is 14.8 Å². The molecule has 3 rings (SSSR count). The highest BCUT2D eigenvalue weighted by atomic mass is 16.6. The molecule has 1 heterocycles. The van der Waals surface area contributed by atoms with Crippen LogP contribution in [0.15, 0.2) is 49.1 Å². The minimum Gasteiger partial charge on any atom is -0.493 e. The molecule has 0 radical (unpaired) electrons. The number of carbonyl (C=O) groups excluding carboxylic acids is 1. The maximum Gasteiger partial charge on any atom is 0.286 e. The molecule has 0 aliphatic carbocycles. The summed E-state index contributed by atoms with van der Waals surface area (Å²) in [4.78, 5) is 27.4. The summed E-state index contributed by atoms with van der Waals surface area (Å²) in [7, 11) is 1.38. The van der Waals surface area contributed by atoms with Crippen LogP contribution in [0.5, 0.6) is 11.5 Å². The van der Waals surface area contributed by atoms with E-state index in [9.17, 15) is 14.9 Å². The first-order valence-electron chi connectivity index (χ1n) is 9.19. The summed E-state index contributed by atoms with van der Waals surface area (Å²) in [6.07, 6.45) is 3.08. The number of aromatic nitrogens is 3. The molecule has 0 aliphatic heterocycles. The van der Waals surface area contributed by atoms with Gasteiger partial charge in [-0.25, -0.2) is 9.67 Å². The molecule has 156 valence electrons. The van der Waals surface area contributed by atoms with E-state index >= 15 is 0 Å². The Hall–Kier alpha value is -3.95. The van der Waals surface area contributed by atoms with Crippen molar-refractivity contribution in [2.75, 3.05) is 13.7 Å². The maximum absolute atomic E-state index is 12.7. The van der Waals surface area contributed by atoms with Gasteiger partial charge in [0.1, 0.15) is 18.2 Å². The van der Waals surface area contributed by atoms with E-state index in [0.717, 1.165) is 11.1 Å². The average Bonchev–Trinajstić information content (AvgIpc) is 3.25. The molecule has 0 fully saturated rings. The number of amides is 1. The van der Waals surface area contributed by atoms with Gasteiger partial charge in [-0.05, 0) is 18.1 Å². The molecule has 0 saturated carbocycles. The Morgan fingerprint density at radius 1 is 1.23 bits per heavy atom. The number of nitro benzene ring substituents is 1. The van der Waals surface area contributed by atoms with Crippen LogP contribution >= 0.6 is 0 Å². The molecule has 1 aromatic heterocycles. The number of nitro groups is 1. The molecular weight excluding hydrogens is 390 g/mol. The molecule has 0 unspecified atom stereocenters. The summed E-state index contributed by atoms with van der Waals surface area (Å²) in [5.41, 5.74) is 1.39. The van der Waals surface area contributed by atoms with Crippen LogP contribution in [0.25, 0.3) is 0 Å². The van der Waals surface area contributed by atoms with E-state index in [2.05, 4.69) is 15.4 Å². The van der Waals surface area contributed by atoms with E-state index in [1.54, 1.807) is 17.9 Å². The first kappa shape index (κ1) is 20.8. The molecule has 10 heteroatoms. The fourth-order valence-corrected chi connectivity index (χ4v) is 2.93. The van der Waals surface area contributed by atoms with E-state index in [-0.39, 0.29) is 29.3 Å². The number of nitrogens with zero attached hydrogens (tertiary/aromatic N) is 4. The molecule has 0 atom stereocenters. The number of benzene rings is 2. The molecule has 0 bridgehead atoms. The van der Waals surface area contributed by atoms with Crippen LogP contribution in [0, 0.1) is 10.1 Å². The van der Waals surface area contributed by atoms with Crippen molar-refractivity contribution >= 4 is 11.6 Å². The second kappa shape index (κ2) is 9.50.